The van der Waals surface area contributed by atoms with Crippen LogP contribution in [0.5, 0.6) is 5.75 Å². The van der Waals surface area contributed by atoms with Gasteiger partial charge in [-0.05, 0) is 36.4 Å². The second-order valence-corrected chi connectivity index (χ2v) is 5.66. The zero-order valence-corrected chi connectivity index (χ0v) is 13.5. The Balaban J connectivity index is 2.12. The maximum Gasteiger partial charge on any atom is 0.387 e. The van der Waals surface area contributed by atoms with Crippen molar-refractivity contribution in [1.29, 1.82) is 0 Å². The number of fused-ring (bicyclic) bond motifs is 1. The van der Waals surface area contributed by atoms with E-state index in [1.54, 1.807) is 18.2 Å². The number of rotatable bonds is 4. The number of alkyl halides is 2. The number of anilines is 1. The topological polar surface area (TPSA) is 79.2 Å². The molecule has 0 saturated heterocycles. The number of aromatic nitrogens is 2. The molecule has 6 nitrogen and oxygen atoms in total. The number of nitrogens with zero attached hydrogens (tertiary/aromatic N) is 2. The first-order chi connectivity index (χ1) is 11.5. The Bertz CT molecular complexity index is 962. The van der Waals surface area contributed by atoms with Crippen LogP contribution in [0.15, 0.2) is 52.0 Å². The van der Waals surface area contributed by atoms with Crippen molar-refractivity contribution in [3.63, 3.8) is 0 Å². The first-order valence-electron chi connectivity index (χ1n) is 6.64. The van der Waals surface area contributed by atoms with Crippen molar-refractivity contribution in [2.45, 2.75) is 6.61 Å². The fraction of sp³-hybridized carbons (Fsp3) is 0.0667. The minimum absolute atomic E-state index is 0.212. The number of ether oxygens (including phenoxy) is 1. The van der Waals surface area contributed by atoms with Gasteiger partial charge in [0.2, 0.25) is 0 Å². The summed E-state index contributed by atoms with van der Waals surface area (Å²) >= 11 is 3.30. The van der Waals surface area contributed by atoms with Gasteiger partial charge >= 0.3 is 6.61 Å². The summed E-state index contributed by atoms with van der Waals surface area (Å²) in [6, 6.07) is 8.82. The molecule has 0 unspecified atom stereocenters. The normalized spacial score (nSPS) is 11.0. The number of hydrogen-bond donors (Lipinski definition) is 1. The Morgan fingerprint density at radius 3 is 2.75 bits per heavy atom. The molecule has 2 aromatic carbocycles. The molecule has 0 radical (unpaired) electrons. The van der Waals surface area contributed by atoms with E-state index in [1.165, 1.54) is 34.6 Å². The molecule has 0 saturated carbocycles. The van der Waals surface area contributed by atoms with Crippen molar-refractivity contribution in [2.75, 3.05) is 5.48 Å². The zero-order chi connectivity index (χ0) is 17.3. The molecule has 9 heteroatoms. The van der Waals surface area contributed by atoms with Crippen LogP contribution >= 0.6 is 15.9 Å². The second-order valence-electron chi connectivity index (χ2n) is 4.74. The molecule has 0 fully saturated rings. The van der Waals surface area contributed by atoms with Gasteiger partial charge in [-0.25, -0.2) is 4.98 Å². The lowest BCUT2D eigenvalue weighted by atomic mass is 10.2. The lowest BCUT2D eigenvalue weighted by Gasteiger charge is -2.17. The van der Waals surface area contributed by atoms with Crippen molar-refractivity contribution in [2.24, 2.45) is 0 Å². The van der Waals surface area contributed by atoms with Crippen LogP contribution < -0.4 is 15.8 Å². The molecule has 0 spiro atoms. The van der Waals surface area contributed by atoms with Gasteiger partial charge < -0.3 is 15.4 Å². The van der Waals surface area contributed by atoms with Crippen LogP contribution in [0.25, 0.3) is 16.6 Å². The minimum atomic E-state index is -3.06. The first kappa shape index (κ1) is 16.3. The SMILES string of the molecule is O=c1c2ccc(Br)cc2ncn1-c1ccc(OC(F)F)c(N[O-])c1. The summed E-state index contributed by atoms with van der Waals surface area (Å²) in [6.07, 6.45) is 1.30. The molecule has 0 bridgehead atoms. The van der Waals surface area contributed by atoms with E-state index in [4.69, 9.17) is 0 Å². The first-order valence-corrected chi connectivity index (χ1v) is 7.43. The predicted octanol–water partition coefficient (Wildman–Crippen LogP) is 3.66. The molecule has 3 rings (SSSR count). The van der Waals surface area contributed by atoms with Gasteiger partial charge in [0.1, 0.15) is 12.1 Å². The van der Waals surface area contributed by atoms with Crippen LogP contribution in [0.2, 0.25) is 0 Å². The maximum absolute atomic E-state index is 12.6. The monoisotopic (exact) mass is 396 g/mol. The smallest absolute Gasteiger partial charge is 0.387 e. The minimum Gasteiger partial charge on any atom is -0.761 e. The summed E-state index contributed by atoms with van der Waals surface area (Å²) in [7, 11) is 0. The third-order valence-electron chi connectivity index (χ3n) is 3.29. The van der Waals surface area contributed by atoms with Crippen molar-refractivity contribution in [3.05, 3.63) is 62.8 Å². The molecule has 24 heavy (non-hydrogen) atoms. The molecule has 0 aliphatic rings. The predicted molar refractivity (Wildman–Crippen MR) is 88.7 cm³/mol. The molecule has 1 heterocycles. The van der Waals surface area contributed by atoms with Crippen LogP contribution in [0, 0.1) is 5.21 Å². The van der Waals surface area contributed by atoms with Gasteiger partial charge in [0.05, 0.1) is 22.3 Å². The molecule has 3 aromatic rings. The second kappa shape index (κ2) is 6.54. The highest BCUT2D eigenvalue weighted by Crippen LogP contribution is 2.28. The van der Waals surface area contributed by atoms with E-state index in [0.717, 1.165) is 4.47 Å². The zero-order valence-electron chi connectivity index (χ0n) is 11.9. The number of halogens is 3. The van der Waals surface area contributed by atoms with Gasteiger partial charge in [0.25, 0.3) is 5.56 Å². The maximum atomic E-state index is 12.6. The van der Waals surface area contributed by atoms with E-state index < -0.39 is 6.61 Å². The van der Waals surface area contributed by atoms with Crippen molar-refractivity contribution in [3.8, 4) is 11.4 Å². The van der Waals surface area contributed by atoms with Gasteiger partial charge in [0, 0.05) is 4.47 Å². The van der Waals surface area contributed by atoms with Gasteiger partial charge in [-0.3, -0.25) is 9.36 Å². The van der Waals surface area contributed by atoms with Crippen LogP contribution in [-0.4, -0.2) is 16.2 Å². The Labute approximate surface area is 142 Å². The summed E-state index contributed by atoms with van der Waals surface area (Å²) in [5.74, 6) is -0.311. The molecule has 1 aromatic heterocycles. The van der Waals surface area contributed by atoms with Crippen molar-refractivity contribution < 1.29 is 13.5 Å². The number of nitrogens with one attached hydrogen (secondary N) is 1. The van der Waals surface area contributed by atoms with E-state index in [9.17, 15) is 18.8 Å². The van der Waals surface area contributed by atoms with Crippen molar-refractivity contribution >= 4 is 32.5 Å². The molecule has 0 amide bonds. The summed E-state index contributed by atoms with van der Waals surface area (Å²) in [4.78, 5) is 16.7. The number of benzene rings is 2. The van der Waals surface area contributed by atoms with E-state index >= 15 is 0 Å². The van der Waals surface area contributed by atoms with E-state index in [2.05, 4.69) is 25.7 Å². The van der Waals surface area contributed by atoms with Gasteiger partial charge in [0.15, 0.2) is 0 Å². The lowest BCUT2D eigenvalue weighted by Crippen LogP contribution is -2.19. The third-order valence-corrected chi connectivity index (χ3v) is 3.78. The largest absolute Gasteiger partial charge is 0.761 e. The fourth-order valence-corrected chi connectivity index (χ4v) is 2.57. The Morgan fingerprint density at radius 1 is 1.25 bits per heavy atom. The molecule has 124 valence electrons. The summed E-state index contributed by atoms with van der Waals surface area (Å²) < 4.78 is 30.9. The Morgan fingerprint density at radius 2 is 2.04 bits per heavy atom. The molecular weight excluding hydrogens is 388 g/mol. The molecule has 1 N–H and O–H groups in total. The van der Waals surface area contributed by atoms with E-state index in [-0.39, 0.29) is 22.7 Å². The Kier molecular flexibility index (Phi) is 4.45. The summed E-state index contributed by atoms with van der Waals surface area (Å²) in [5, 5.41) is 11.3. The van der Waals surface area contributed by atoms with Gasteiger partial charge in [-0.15, -0.1) is 0 Å². The molecule has 0 aliphatic heterocycles. The quantitative estimate of drug-likeness (QED) is 0.680. The highest BCUT2D eigenvalue weighted by molar-refractivity contribution is 9.10. The molecular formula is C15H9BrF2N3O3-. The standard InChI is InChI=1S/C15H9BrF2N3O3/c16-8-1-3-10-11(5-8)19-7-21(14(10)22)9-2-4-13(24-15(17)18)12(6-9)20-23/h1-7,15,20H/q-1. The average Bonchev–Trinajstić information content (AvgIpc) is 2.55. The van der Waals surface area contributed by atoms with Crippen LogP contribution in [0.1, 0.15) is 0 Å². The van der Waals surface area contributed by atoms with Crippen LogP contribution in [-0.2, 0) is 0 Å². The highest BCUT2D eigenvalue weighted by Gasteiger charge is 2.11. The van der Waals surface area contributed by atoms with E-state index in [1.807, 2.05) is 0 Å². The highest BCUT2D eigenvalue weighted by atomic mass is 79.9. The van der Waals surface area contributed by atoms with Crippen molar-refractivity contribution in [1.82, 2.24) is 9.55 Å². The fourth-order valence-electron chi connectivity index (χ4n) is 2.22. The summed E-state index contributed by atoms with van der Waals surface area (Å²) in [6.45, 7) is -3.06. The van der Waals surface area contributed by atoms with Gasteiger partial charge in [-0.2, -0.15) is 8.78 Å². The van der Waals surface area contributed by atoms with Crippen LogP contribution in [0.4, 0.5) is 14.5 Å². The Hall–Kier alpha value is -2.52. The summed E-state index contributed by atoms with van der Waals surface area (Å²) in [5.41, 5.74) is 1.75. The molecule has 0 aliphatic carbocycles. The van der Waals surface area contributed by atoms with E-state index in [0.29, 0.717) is 10.9 Å². The third kappa shape index (κ3) is 3.08. The lowest BCUT2D eigenvalue weighted by molar-refractivity contribution is -0.0493. The van der Waals surface area contributed by atoms with Crippen LogP contribution in [0.3, 0.4) is 0 Å². The van der Waals surface area contributed by atoms with Gasteiger partial charge in [-0.1, -0.05) is 15.9 Å². The average molecular weight is 397 g/mol. The molecule has 0 atom stereocenters. The number of hydrogen-bond acceptors (Lipinski definition) is 5.